The van der Waals surface area contributed by atoms with Gasteiger partial charge in [-0.15, -0.1) is 0 Å². The van der Waals surface area contributed by atoms with E-state index in [1.54, 1.807) is 12.4 Å². The Bertz CT molecular complexity index is 678. The Hall–Kier alpha value is -1.89. The summed E-state index contributed by atoms with van der Waals surface area (Å²) in [5.41, 5.74) is 1.11. The number of ether oxygens (including phenoxy) is 1. The number of aromatic nitrogens is 1. The lowest BCUT2D eigenvalue weighted by Gasteiger charge is -2.27. The average molecular weight is 348 g/mol. The topological polar surface area (TPSA) is 45.6 Å². The van der Waals surface area contributed by atoms with E-state index in [0.29, 0.717) is 13.1 Å². The van der Waals surface area contributed by atoms with Crippen molar-refractivity contribution in [3.63, 3.8) is 0 Å². The van der Waals surface area contributed by atoms with E-state index in [-0.39, 0.29) is 18.2 Å². The van der Waals surface area contributed by atoms with Crippen LogP contribution in [0.2, 0.25) is 0 Å². The minimum Gasteiger partial charge on any atom is -0.387 e. The van der Waals surface area contributed by atoms with Gasteiger partial charge >= 0.3 is 0 Å². The maximum absolute atomic E-state index is 13.9. The number of benzene rings is 1. The summed E-state index contributed by atoms with van der Waals surface area (Å²) in [4.78, 5) is 6.14. The first-order valence-electron chi connectivity index (χ1n) is 8.47. The highest BCUT2D eigenvalue weighted by Gasteiger charge is 2.23. The standard InChI is InChI=1S/C19H22F2N2O2/c20-15-5-6-17(18(21)9-15)19(24)13-23(12-16-4-2-8-25-16)11-14-3-1-7-22-10-14/h1,3,5-7,9-10,16,19,24H,2,4,8,11-13H2. The van der Waals surface area contributed by atoms with Crippen LogP contribution in [-0.2, 0) is 11.3 Å². The molecule has 2 heterocycles. The number of halogens is 2. The largest absolute Gasteiger partial charge is 0.387 e. The van der Waals surface area contributed by atoms with Crippen LogP contribution in [0.15, 0.2) is 42.7 Å². The molecule has 1 aliphatic rings. The van der Waals surface area contributed by atoms with Gasteiger partial charge < -0.3 is 9.84 Å². The zero-order chi connectivity index (χ0) is 17.6. The van der Waals surface area contributed by atoms with Crippen LogP contribution >= 0.6 is 0 Å². The van der Waals surface area contributed by atoms with Crippen molar-refractivity contribution in [2.45, 2.75) is 31.6 Å². The SMILES string of the molecule is OC(CN(Cc1cccnc1)CC1CCCO1)c1ccc(F)cc1F. The van der Waals surface area contributed by atoms with Crippen molar-refractivity contribution in [3.8, 4) is 0 Å². The minimum absolute atomic E-state index is 0.102. The third-order valence-corrected chi connectivity index (χ3v) is 4.37. The van der Waals surface area contributed by atoms with Gasteiger partial charge in [0.05, 0.1) is 12.2 Å². The van der Waals surface area contributed by atoms with Crippen LogP contribution in [0, 0.1) is 11.6 Å². The molecule has 1 saturated heterocycles. The van der Waals surface area contributed by atoms with E-state index in [0.717, 1.165) is 37.1 Å². The molecule has 1 aliphatic heterocycles. The summed E-state index contributed by atoms with van der Waals surface area (Å²) in [6.45, 7) is 2.21. The summed E-state index contributed by atoms with van der Waals surface area (Å²) in [6.07, 6.45) is 4.55. The van der Waals surface area contributed by atoms with Crippen LogP contribution in [0.25, 0.3) is 0 Å². The van der Waals surface area contributed by atoms with E-state index in [9.17, 15) is 13.9 Å². The quantitative estimate of drug-likeness (QED) is 0.835. The Morgan fingerprint density at radius 3 is 2.88 bits per heavy atom. The Labute approximate surface area is 146 Å². The zero-order valence-electron chi connectivity index (χ0n) is 13.9. The van der Waals surface area contributed by atoms with E-state index in [1.165, 1.54) is 6.07 Å². The zero-order valence-corrected chi connectivity index (χ0v) is 13.9. The lowest BCUT2D eigenvalue weighted by molar-refractivity contribution is 0.0451. The fourth-order valence-electron chi connectivity index (χ4n) is 3.14. The third-order valence-electron chi connectivity index (χ3n) is 4.37. The average Bonchev–Trinajstić information content (AvgIpc) is 3.08. The Balaban J connectivity index is 1.71. The summed E-state index contributed by atoms with van der Waals surface area (Å²) < 4.78 is 32.7. The molecular weight excluding hydrogens is 326 g/mol. The molecule has 0 saturated carbocycles. The molecular formula is C19H22F2N2O2. The normalized spacial score (nSPS) is 18.6. The van der Waals surface area contributed by atoms with E-state index in [4.69, 9.17) is 4.74 Å². The van der Waals surface area contributed by atoms with Gasteiger partial charge in [0.1, 0.15) is 11.6 Å². The second-order valence-electron chi connectivity index (χ2n) is 6.37. The molecule has 0 amide bonds. The highest BCUT2D eigenvalue weighted by molar-refractivity contribution is 5.21. The van der Waals surface area contributed by atoms with Gasteiger partial charge in [0.15, 0.2) is 0 Å². The molecule has 2 unspecified atom stereocenters. The van der Waals surface area contributed by atoms with Crippen LogP contribution in [0.1, 0.15) is 30.1 Å². The van der Waals surface area contributed by atoms with E-state index >= 15 is 0 Å². The molecule has 25 heavy (non-hydrogen) atoms. The summed E-state index contributed by atoms with van der Waals surface area (Å²) in [5, 5.41) is 10.5. The van der Waals surface area contributed by atoms with Gasteiger partial charge in [0.2, 0.25) is 0 Å². The fraction of sp³-hybridized carbons (Fsp3) is 0.421. The van der Waals surface area contributed by atoms with Crippen molar-refractivity contribution in [2.75, 3.05) is 19.7 Å². The van der Waals surface area contributed by atoms with Crippen molar-refractivity contribution in [1.29, 1.82) is 0 Å². The smallest absolute Gasteiger partial charge is 0.131 e. The van der Waals surface area contributed by atoms with Crippen LogP contribution in [0.4, 0.5) is 8.78 Å². The molecule has 1 aromatic carbocycles. The Kier molecular flexibility index (Phi) is 6.07. The minimum atomic E-state index is -1.04. The molecule has 4 nitrogen and oxygen atoms in total. The number of aliphatic hydroxyl groups excluding tert-OH is 1. The highest BCUT2D eigenvalue weighted by atomic mass is 19.1. The highest BCUT2D eigenvalue weighted by Crippen LogP contribution is 2.22. The van der Waals surface area contributed by atoms with Crippen LogP contribution in [0.5, 0.6) is 0 Å². The van der Waals surface area contributed by atoms with Crippen molar-refractivity contribution in [2.24, 2.45) is 0 Å². The Morgan fingerprint density at radius 1 is 1.32 bits per heavy atom. The van der Waals surface area contributed by atoms with Crippen LogP contribution in [-0.4, -0.2) is 40.8 Å². The van der Waals surface area contributed by atoms with Crippen molar-refractivity contribution < 1.29 is 18.6 Å². The molecule has 0 aliphatic carbocycles. The van der Waals surface area contributed by atoms with Crippen molar-refractivity contribution >= 4 is 0 Å². The fourth-order valence-corrected chi connectivity index (χ4v) is 3.14. The molecule has 6 heteroatoms. The first kappa shape index (κ1) is 17.9. The van der Waals surface area contributed by atoms with E-state index in [2.05, 4.69) is 4.98 Å². The first-order valence-corrected chi connectivity index (χ1v) is 8.47. The molecule has 2 aromatic rings. The monoisotopic (exact) mass is 348 g/mol. The molecule has 1 N–H and O–H groups in total. The molecule has 0 radical (unpaired) electrons. The van der Waals surface area contributed by atoms with Gasteiger partial charge in [-0.25, -0.2) is 8.78 Å². The van der Waals surface area contributed by atoms with E-state index < -0.39 is 17.7 Å². The van der Waals surface area contributed by atoms with Gasteiger partial charge in [-0.2, -0.15) is 0 Å². The predicted molar refractivity (Wildman–Crippen MR) is 89.8 cm³/mol. The van der Waals surface area contributed by atoms with Crippen LogP contribution < -0.4 is 0 Å². The molecule has 3 rings (SSSR count). The number of rotatable bonds is 7. The van der Waals surface area contributed by atoms with Crippen LogP contribution in [0.3, 0.4) is 0 Å². The number of pyridine rings is 1. The van der Waals surface area contributed by atoms with E-state index in [1.807, 2.05) is 17.0 Å². The number of hydrogen-bond donors (Lipinski definition) is 1. The van der Waals surface area contributed by atoms with Gasteiger partial charge in [-0.1, -0.05) is 12.1 Å². The van der Waals surface area contributed by atoms with Gasteiger partial charge in [0.25, 0.3) is 0 Å². The number of nitrogens with zero attached hydrogens (tertiary/aromatic N) is 2. The Morgan fingerprint density at radius 2 is 2.20 bits per heavy atom. The maximum Gasteiger partial charge on any atom is 0.131 e. The molecule has 2 atom stereocenters. The molecule has 0 bridgehead atoms. The second kappa shape index (κ2) is 8.47. The van der Waals surface area contributed by atoms with Gasteiger partial charge in [-0.05, 0) is 30.5 Å². The lowest BCUT2D eigenvalue weighted by Crippen LogP contribution is -2.35. The molecule has 0 spiro atoms. The predicted octanol–water partition coefficient (Wildman–Crippen LogP) is 3.07. The summed E-state index contributed by atoms with van der Waals surface area (Å²) >= 11 is 0. The first-order chi connectivity index (χ1) is 12.1. The molecule has 1 aromatic heterocycles. The molecule has 134 valence electrons. The maximum atomic E-state index is 13.9. The molecule has 1 fully saturated rings. The lowest BCUT2D eigenvalue weighted by atomic mass is 10.1. The summed E-state index contributed by atoms with van der Waals surface area (Å²) in [5.74, 6) is -1.38. The summed E-state index contributed by atoms with van der Waals surface area (Å²) in [6, 6.07) is 7.07. The number of aliphatic hydroxyl groups is 1. The third kappa shape index (κ3) is 5.04. The van der Waals surface area contributed by atoms with Crippen molar-refractivity contribution in [3.05, 3.63) is 65.5 Å². The summed E-state index contributed by atoms with van der Waals surface area (Å²) in [7, 11) is 0. The van der Waals surface area contributed by atoms with Gasteiger partial charge in [-0.3, -0.25) is 9.88 Å². The second-order valence-corrected chi connectivity index (χ2v) is 6.37. The number of hydrogen-bond acceptors (Lipinski definition) is 4. The van der Waals surface area contributed by atoms with Gasteiger partial charge in [0, 0.05) is 50.3 Å². The van der Waals surface area contributed by atoms with Crippen molar-refractivity contribution in [1.82, 2.24) is 9.88 Å².